The summed E-state index contributed by atoms with van der Waals surface area (Å²) in [6.45, 7) is 10.4. The zero-order valence-corrected chi connectivity index (χ0v) is 12.5. The van der Waals surface area contributed by atoms with Gasteiger partial charge in [-0.1, -0.05) is 26.8 Å². The van der Waals surface area contributed by atoms with Gasteiger partial charge in [0, 0.05) is 11.3 Å². The number of carbonyl (C=O) groups excluding carboxylic acids is 2. The lowest BCUT2D eigenvalue weighted by Crippen LogP contribution is -2.53. The first-order chi connectivity index (χ1) is 9.07. The van der Waals surface area contributed by atoms with E-state index in [1.54, 1.807) is 33.8 Å². The van der Waals surface area contributed by atoms with Crippen molar-refractivity contribution in [1.82, 2.24) is 0 Å². The van der Waals surface area contributed by atoms with Gasteiger partial charge in [-0.2, -0.15) is 0 Å². The Kier molecular flexibility index (Phi) is 4.37. The van der Waals surface area contributed by atoms with Crippen LogP contribution in [-0.2, 0) is 14.4 Å². The van der Waals surface area contributed by atoms with Crippen LogP contribution in [0.5, 0.6) is 0 Å². The fourth-order valence-corrected chi connectivity index (χ4v) is 3.00. The number of carboxylic acids is 1. The number of allylic oxidation sites excluding steroid dienone is 3. The molecule has 0 saturated heterocycles. The van der Waals surface area contributed by atoms with E-state index in [0.717, 1.165) is 0 Å². The predicted molar refractivity (Wildman–Crippen MR) is 76.2 cm³/mol. The molecule has 0 aromatic rings. The summed E-state index contributed by atoms with van der Waals surface area (Å²) in [7, 11) is 0. The van der Waals surface area contributed by atoms with Gasteiger partial charge in [-0.25, -0.2) is 0 Å². The molecule has 20 heavy (non-hydrogen) atoms. The molecule has 4 nitrogen and oxygen atoms in total. The maximum absolute atomic E-state index is 12.5. The average Bonchev–Trinajstić information content (AvgIpc) is 2.30. The zero-order valence-electron chi connectivity index (χ0n) is 12.5. The van der Waals surface area contributed by atoms with E-state index < -0.39 is 22.7 Å². The normalized spacial score (nSPS) is 27.2. The van der Waals surface area contributed by atoms with Gasteiger partial charge in [0.25, 0.3) is 0 Å². The monoisotopic (exact) mass is 278 g/mol. The summed E-state index contributed by atoms with van der Waals surface area (Å²) >= 11 is 0. The van der Waals surface area contributed by atoms with Crippen molar-refractivity contribution < 1.29 is 19.5 Å². The molecule has 2 unspecified atom stereocenters. The van der Waals surface area contributed by atoms with Crippen LogP contribution in [0.3, 0.4) is 0 Å². The Morgan fingerprint density at radius 2 is 2.05 bits per heavy atom. The molecule has 110 valence electrons. The van der Waals surface area contributed by atoms with Crippen LogP contribution in [0.1, 0.15) is 40.5 Å². The fraction of sp³-hybridized carbons (Fsp3) is 0.562. The SMILES string of the molecule is C=CCC1C(=O)C(C)=CC(=O)C1(C)C(C)(C)CC(=O)O. The highest BCUT2D eigenvalue weighted by molar-refractivity contribution is 6.12. The van der Waals surface area contributed by atoms with Crippen molar-refractivity contribution in [2.45, 2.75) is 40.5 Å². The van der Waals surface area contributed by atoms with Gasteiger partial charge in [-0.3, -0.25) is 14.4 Å². The maximum Gasteiger partial charge on any atom is 0.303 e. The molecule has 1 rings (SSSR count). The smallest absolute Gasteiger partial charge is 0.303 e. The molecule has 0 saturated carbocycles. The van der Waals surface area contributed by atoms with Crippen molar-refractivity contribution in [2.24, 2.45) is 16.7 Å². The second-order valence-corrected chi connectivity index (χ2v) is 6.29. The van der Waals surface area contributed by atoms with E-state index in [-0.39, 0.29) is 18.0 Å². The van der Waals surface area contributed by atoms with Crippen molar-refractivity contribution >= 4 is 17.5 Å². The Labute approximate surface area is 119 Å². The number of carbonyl (C=O) groups is 3. The van der Waals surface area contributed by atoms with E-state index in [0.29, 0.717) is 12.0 Å². The minimum atomic E-state index is -1.03. The van der Waals surface area contributed by atoms with Crippen LogP contribution in [-0.4, -0.2) is 22.6 Å². The summed E-state index contributed by atoms with van der Waals surface area (Å²) < 4.78 is 0. The number of carboxylic acid groups (broad SMARTS) is 1. The molecule has 0 aromatic heterocycles. The average molecular weight is 278 g/mol. The number of rotatable bonds is 5. The van der Waals surface area contributed by atoms with Gasteiger partial charge in [-0.05, 0) is 30.4 Å². The third-order valence-corrected chi connectivity index (χ3v) is 4.66. The fourth-order valence-electron chi connectivity index (χ4n) is 3.00. The Morgan fingerprint density at radius 1 is 1.50 bits per heavy atom. The molecule has 0 amide bonds. The van der Waals surface area contributed by atoms with E-state index in [4.69, 9.17) is 5.11 Å². The number of aliphatic carboxylic acids is 1. The van der Waals surface area contributed by atoms with Crippen molar-refractivity contribution in [1.29, 1.82) is 0 Å². The predicted octanol–water partition coefficient (Wildman–Crippen LogP) is 2.78. The number of hydrogen-bond acceptors (Lipinski definition) is 3. The summed E-state index contributed by atoms with van der Waals surface area (Å²) in [5.41, 5.74) is -1.42. The molecular formula is C16H22O4. The number of hydrogen-bond donors (Lipinski definition) is 1. The lowest BCUT2D eigenvalue weighted by Gasteiger charge is -2.48. The molecule has 0 heterocycles. The lowest BCUT2D eigenvalue weighted by atomic mass is 9.52. The molecule has 0 fully saturated rings. The van der Waals surface area contributed by atoms with Crippen LogP contribution in [0.4, 0.5) is 0 Å². The van der Waals surface area contributed by atoms with Crippen LogP contribution < -0.4 is 0 Å². The van der Waals surface area contributed by atoms with Crippen LogP contribution in [0, 0.1) is 16.7 Å². The molecule has 1 N–H and O–H groups in total. The number of Topliss-reactive ketones (excluding diaryl/α,β-unsaturated/α-hetero) is 1. The second kappa shape index (κ2) is 5.35. The summed E-state index contributed by atoms with van der Waals surface area (Å²) in [4.78, 5) is 36.0. The molecule has 0 radical (unpaired) electrons. The largest absolute Gasteiger partial charge is 0.481 e. The first-order valence-corrected chi connectivity index (χ1v) is 6.67. The van der Waals surface area contributed by atoms with Crippen molar-refractivity contribution in [3.05, 3.63) is 24.3 Å². The zero-order chi connectivity index (χ0) is 15.7. The first-order valence-electron chi connectivity index (χ1n) is 6.67. The maximum atomic E-state index is 12.5. The highest BCUT2D eigenvalue weighted by Gasteiger charge is 2.55. The summed E-state index contributed by atoms with van der Waals surface area (Å²) in [6, 6.07) is 0. The lowest BCUT2D eigenvalue weighted by molar-refractivity contribution is -0.151. The van der Waals surface area contributed by atoms with Gasteiger partial charge < -0.3 is 5.11 Å². The highest BCUT2D eigenvalue weighted by atomic mass is 16.4. The first kappa shape index (κ1) is 16.3. The highest BCUT2D eigenvalue weighted by Crippen LogP contribution is 2.52. The molecule has 1 aliphatic carbocycles. The second-order valence-electron chi connectivity index (χ2n) is 6.29. The standard InChI is InChI=1S/C16H22O4/c1-6-7-11-14(20)10(2)8-12(17)16(11,5)15(3,4)9-13(18)19/h6,8,11H,1,7,9H2,2-5H3,(H,18,19). The van der Waals surface area contributed by atoms with Gasteiger partial charge in [0.2, 0.25) is 0 Å². The third-order valence-electron chi connectivity index (χ3n) is 4.66. The van der Waals surface area contributed by atoms with Crippen LogP contribution >= 0.6 is 0 Å². The quantitative estimate of drug-likeness (QED) is 0.785. The van der Waals surface area contributed by atoms with Crippen molar-refractivity contribution in [2.75, 3.05) is 0 Å². The van der Waals surface area contributed by atoms with Gasteiger partial charge in [0.05, 0.1) is 6.42 Å². The van der Waals surface area contributed by atoms with Crippen LogP contribution in [0.15, 0.2) is 24.3 Å². The number of ketones is 2. The molecular weight excluding hydrogens is 256 g/mol. The minimum absolute atomic E-state index is 0.0922. The van der Waals surface area contributed by atoms with Crippen molar-refractivity contribution in [3.8, 4) is 0 Å². The van der Waals surface area contributed by atoms with Gasteiger partial charge in [0.15, 0.2) is 11.6 Å². The Balaban J connectivity index is 3.41. The Morgan fingerprint density at radius 3 is 2.50 bits per heavy atom. The molecule has 1 aliphatic rings. The third kappa shape index (κ3) is 2.47. The molecule has 0 aliphatic heterocycles. The van der Waals surface area contributed by atoms with E-state index in [9.17, 15) is 14.4 Å². The van der Waals surface area contributed by atoms with E-state index in [1.807, 2.05) is 0 Å². The van der Waals surface area contributed by atoms with E-state index >= 15 is 0 Å². The van der Waals surface area contributed by atoms with Gasteiger partial charge in [0.1, 0.15) is 0 Å². The van der Waals surface area contributed by atoms with Gasteiger partial charge >= 0.3 is 5.97 Å². The molecule has 0 aromatic carbocycles. The molecule has 2 atom stereocenters. The molecule has 4 heteroatoms. The minimum Gasteiger partial charge on any atom is -0.481 e. The summed E-state index contributed by atoms with van der Waals surface area (Å²) in [6.07, 6.45) is 3.17. The Hall–Kier alpha value is -1.71. The Bertz CT molecular complexity index is 499. The molecule has 0 bridgehead atoms. The van der Waals surface area contributed by atoms with E-state index in [2.05, 4.69) is 6.58 Å². The van der Waals surface area contributed by atoms with Crippen LogP contribution in [0.2, 0.25) is 0 Å². The van der Waals surface area contributed by atoms with Crippen molar-refractivity contribution in [3.63, 3.8) is 0 Å². The topological polar surface area (TPSA) is 71.4 Å². The van der Waals surface area contributed by atoms with E-state index in [1.165, 1.54) is 6.08 Å². The molecule has 0 spiro atoms. The van der Waals surface area contributed by atoms with Crippen LogP contribution in [0.25, 0.3) is 0 Å². The summed E-state index contributed by atoms with van der Waals surface area (Å²) in [5.74, 6) is -1.79. The summed E-state index contributed by atoms with van der Waals surface area (Å²) in [5, 5.41) is 9.08. The van der Waals surface area contributed by atoms with Gasteiger partial charge in [-0.15, -0.1) is 6.58 Å².